The number of carbonyl (C=O) groups is 1. The van der Waals surface area contributed by atoms with Gasteiger partial charge in [0.1, 0.15) is 42.0 Å². The van der Waals surface area contributed by atoms with Crippen LogP contribution in [-0.2, 0) is 16.1 Å². The Morgan fingerprint density at radius 2 is 1.61 bits per heavy atom. The van der Waals surface area contributed by atoms with Crippen molar-refractivity contribution in [2.45, 2.75) is 43.4 Å². The van der Waals surface area contributed by atoms with Crippen LogP contribution in [0.1, 0.15) is 38.7 Å². The first kappa shape index (κ1) is 21.7. The molecule has 7 N–H and O–H groups in total. The van der Waals surface area contributed by atoms with Crippen LogP contribution in [-0.4, -0.2) is 78.8 Å². The summed E-state index contributed by atoms with van der Waals surface area (Å²) in [6.07, 6.45) is -8.86. The second kappa shape index (κ2) is 8.17. The largest absolute Gasteiger partial charge is 0.507 e. The number of carbonyl (C=O) groups excluding carboxylic acids is 1. The molecule has 0 saturated carbocycles. The number of ketones is 1. The van der Waals surface area contributed by atoms with Crippen molar-refractivity contribution in [2.24, 2.45) is 0 Å². The summed E-state index contributed by atoms with van der Waals surface area (Å²) in [5.41, 5.74) is 0.389. The van der Waals surface area contributed by atoms with Crippen molar-refractivity contribution in [3.05, 3.63) is 58.1 Å². The van der Waals surface area contributed by atoms with E-state index >= 15 is 0 Å². The quantitative estimate of drug-likeness (QED) is 0.317. The first-order chi connectivity index (χ1) is 14.8. The topological polar surface area (TPSA) is 177 Å². The van der Waals surface area contributed by atoms with Gasteiger partial charge in [0.25, 0.3) is 0 Å². The summed E-state index contributed by atoms with van der Waals surface area (Å²) < 4.78 is 11.3. The summed E-state index contributed by atoms with van der Waals surface area (Å²) in [6, 6.07) is 6.94. The molecule has 1 aliphatic heterocycles. The molecule has 4 rings (SSSR count). The number of aliphatic hydroxyl groups excluding tert-OH is 5. The molecule has 0 spiro atoms. The summed E-state index contributed by atoms with van der Waals surface area (Å²) in [7, 11) is 0. The first-order valence-corrected chi connectivity index (χ1v) is 9.57. The molecular weight excluding hydrogens is 412 g/mol. The predicted molar refractivity (Wildman–Crippen MR) is 102 cm³/mol. The summed E-state index contributed by atoms with van der Waals surface area (Å²) in [4.78, 5) is 13.0. The molecule has 0 aromatic heterocycles. The van der Waals surface area contributed by atoms with Crippen molar-refractivity contribution < 1.29 is 50.0 Å². The highest BCUT2D eigenvalue weighted by molar-refractivity contribution is 6.15. The number of benzene rings is 2. The third-order valence-electron chi connectivity index (χ3n) is 5.60. The number of fused-ring (bicyclic) bond motifs is 2. The highest BCUT2D eigenvalue weighted by Gasteiger charge is 2.46. The van der Waals surface area contributed by atoms with Crippen LogP contribution < -0.4 is 0 Å². The van der Waals surface area contributed by atoms with Crippen molar-refractivity contribution in [1.82, 2.24) is 0 Å². The number of hydrogen-bond donors (Lipinski definition) is 7. The van der Waals surface area contributed by atoms with Crippen LogP contribution in [0.3, 0.4) is 0 Å². The number of hydrogen-bond acceptors (Lipinski definition) is 10. The van der Waals surface area contributed by atoms with Gasteiger partial charge >= 0.3 is 0 Å². The van der Waals surface area contributed by atoms with Crippen LogP contribution in [0.2, 0.25) is 0 Å². The number of ether oxygens (including phenoxy) is 2. The molecule has 1 saturated heterocycles. The van der Waals surface area contributed by atoms with Gasteiger partial charge in [0, 0.05) is 11.1 Å². The number of rotatable bonds is 4. The Labute approximate surface area is 176 Å². The molecule has 1 fully saturated rings. The lowest BCUT2D eigenvalue weighted by Gasteiger charge is -2.41. The second-order valence-electron chi connectivity index (χ2n) is 7.52. The van der Waals surface area contributed by atoms with E-state index < -0.39 is 61.6 Å². The molecule has 1 aliphatic carbocycles. The summed E-state index contributed by atoms with van der Waals surface area (Å²) in [5, 5.41) is 70.1. The van der Waals surface area contributed by atoms with Gasteiger partial charge in [0.05, 0.1) is 24.3 Å². The van der Waals surface area contributed by atoms with E-state index in [4.69, 9.17) is 9.47 Å². The third kappa shape index (κ3) is 3.48. The third-order valence-corrected chi connectivity index (χ3v) is 5.60. The monoisotopic (exact) mass is 434 g/mol. The Morgan fingerprint density at radius 3 is 2.29 bits per heavy atom. The minimum absolute atomic E-state index is 0.114. The van der Waals surface area contributed by atoms with E-state index in [0.29, 0.717) is 0 Å². The Hall–Kier alpha value is -2.57. The van der Waals surface area contributed by atoms with Crippen LogP contribution >= 0.6 is 0 Å². The zero-order chi connectivity index (χ0) is 22.4. The van der Waals surface area contributed by atoms with E-state index in [9.17, 15) is 40.5 Å². The van der Waals surface area contributed by atoms with Gasteiger partial charge in [0.15, 0.2) is 6.29 Å². The number of phenolic OH excluding ortho intramolecular Hbond substituents is 2. The average Bonchev–Trinajstić information content (AvgIpc) is 2.75. The first-order valence-electron chi connectivity index (χ1n) is 9.57. The zero-order valence-corrected chi connectivity index (χ0v) is 16.1. The van der Waals surface area contributed by atoms with Gasteiger partial charge in [-0.05, 0) is 23.8 Å². The van der Waals surface area contributed by atoms with Crippen molar-refractivity contribution in [1.29, 1.82) is 0 Å². The summed E-state index contributed by atoms with van der Waals surface area (Å²) in [5.74, 6) is -1.43. The molecule has 2 aliphatic rings. The second-order valence-corrected chi connectivity index (χ2v) is 7.52. The van der Waals surface area contributed by atoms with E-state index in [2.05, 4.69) is 0 Å². The average molecular weight is 434 g/mol. The van der Waals surface area contributed by atoms with E-state index in [-0.39, 0.29) is 33.6 Å². The molecule has 31 heavy (non-hydrogen) atoms. The fraction of sp³-hybridized carbons (Fsp3) is 0.381. The summed E-state index contributed by atoms with van der Waals surface area (Å²) >= 11 is 0. The van der Waals surface area contributed by atoms with Crippen LogP contribution in [0.4, 0.5) is 0 Å². The fourth-order valence-corrected chi connectivity index (χ4v) is 4.03. The molecule has 0 bridgehead atoms. The van der Waals surface area contributed by atoms with E-state index in [1.165, 1.54) is 30.3 Å². The predicted octanol–water partition coefficient (Wildman–Crippen LogP) is -0.960. The fourth-order valence-electron chi connectivity index (χ4n) is 4.03. The Bertz CT molecular complexity index is 1000. The summed E-state index contributed by atoms with van der Waals surface area (Å²) in [6.45, 7) is -1.09. The van der Waals surface area contributed by atoms with Gasteiger partial charge in [-0.1, -0.05) is 12.1 Å². The zero-order valence-electron chi connectivity index (χ0n) is 16.1. The molecule has 2 aromatic rings. The van der Waals surface area contributed by atoms with Gasteiger partial charge in [-0.2, -0.15) is 0 Å². The standard InChI is InChI=1S/C21H22O10/c22-6-8-4-10-15(12(25)5-8)17(27)14-9(2-1-3-11(14)24)20(10)31-21-19(29)18(28)16(26)13(7-23)30-21/h1-5,13,16,18-26,28-29H,6-7H2/t13-,16-,18+,19-,20-,21+/m0/s1. The highest BCUT2D eigenvalue weighted by Crippen LogP contribution is 2.45. The number of aromatic hydroxyl groups is 2. The van der Waals surface area contributed by atoms with Gasteiger partial charge in [-0.25, -0.2) is 0 Å². The molecule has 166 valence electrons. The van der Waals surface area contributed by atoms with Crippen molar-refractivity contribution >= 4 is 5.78 Å². The molecule has 2 aromatic carbocycles. The molecule has 0 radical (unpaired) electrons. The van der Waals surface area contributed by atoms with Crippen molar-refractivity contribution in [3.8, 4) is 11.5 Å². The van der Waals surface area contributed by atoms with Gasteiger partial charge in [0.2, 0.25) is 5.78 Å². The van der Waals surface area contributed by atoms with Crippen LogP contribution in [0.5, 0.6) is 11.5 Å². The Kier molecular flexibility index (Phi) is 5.71. The lowest BCUT2D eigenvalue weighted by atomic mass is 9.81. The molecule has 6 atom stereocenters. The lowest BCUT2D eigenvalue weighted by Crippen LogP contribution is -2.59. The van der Waals surface area contributed by atoms with E-state index in [1.807, 2.05) is 0 Å². The number of aliphatic hydroxyl groups is 5. The molecule has 1 heterocycles. The minimum atomic E-state index is -1.70. The molecule has 0 amide bonds. The maximum atomic E-state index is 13.0. The SMILES string of the molecule is O=C1c2c(O)cccc2[C@H](O[C@H]2O[C@@H](CO)[C@H](O)[C@@H](O)[C@@H]2O)c2cc(CO)cc(O)c21. The van der Waals surface area contributed by atoms with Crippen molar-refractivity contribution in [2.75, 3.05) is 6.61 Å². The minimum Gasteiger partial charge on any atom is -0.507 e. The molecule has 10 heteroatoms. The Morgan fingerprint density at radius 1 is 0.903 bits per heavy atom. The van der Waals surface area contributed by atoms with Gasteiger partial charge in [-0.15, -0.1) is 0 Å². The lowest BCUT2D eigenvalue weighted by molar-refractivity contribution is -0.309. The molecule has 0 unspecified atom stereocenters. The van der Waals surface area contributed by atoms with Gasteiger partial charge < -0.3 is 45.2 Å². The van der Waals surface area contributed by atoms with Crippen LogP contribution in [0, 0.1) is 0 Å². The normalized spacial score (nSPS) is 30.0. The van der Waals surface area contributed by atoms with E-state index in [0.717, 1.165) is 0 Å². The van der Waals surface area contributed by atoms with Crippen LogP contribution in [0.25, 0.3) is 0 Å². The molecular formula is C21H22O10. The smallest absolute Gasteiger partial charge is 0.201 e. The molecule has 10 nitrogen and oxygen atoms in total. The van der Waals surface area contributed by atoms with Crippen molar-refractivity contribution in [3.63, 3.8) is 0 Å². The maximum absolute atomic E-state index is 13.0. The van der Waals surface area contributed by atoms with Crippen LogP contribution in [0.15, 0.2) is 30.3 Å². The highest BCUT2D eigenvalue weighted by atomic mass is 16.7. The Balaban J connectivity index is 1.83. The number of phenols is 2. The van der Waals surface area contributed by atoms with E-state index in [1.54, 1.807) is 0 Å². The maximum Gasteiger partial charge on any atom is 0.201 e. The van der Waals surface area contributed by atoms with Gasteiger partial charge in [-0.3, -0.25) is 4.79 Å².